The molecule has 6 aliphatic rings. The predicted molar refractivity (Wildman–Crippen MR) is 215 cm³/mol. The molecule has 4 aromatic rings. The first kappa shape index (κ1) is 37.9. The number of alkyl halides is 2. The number of piperidine rings is 3. The van der Waals surface area contributed by atoms with E-state index < -0.39 is 23.3 Å². The second kappa shape index (κ2) is 14.1. The number of nitrogens with zero attached hydrogens (tertiary/aromatic N) is 7. The van der Waals surface area contributed by atoms with Gasteiger partial charge >= 0.3 is 0 Å². The topological polar surface area (TPSA) is 149 Å². The number of likely N-dealkylation sites (tertiary alicyclic amines) is 1. The van der Waals surface area contributed by atoms with Crippen molar-refractivity contribution in [1.82, 2.24) is 35.3 Å². The minimum Gasteiger partial charge on any atom is -0.494 e. The van der Waals surface area contributed by atoms with Crippen molar-refractivity contribution < 1.29 is 32.6 Å². The second-order valence-electron chi connectivity index (χ2n) is 17.7. The standard InChI is InChI=1S/C43H49F2N9O5/c1-41(12-13-41)59-27-3-5-31-29(19-27)37(50-49-31)32-20-35(47-25-46-32)52-16-10-26(11-17-52)9-15-51-18-14-42(43(44,45)24-51)22-53(23-42)33-6-4-28-30(38(33)58-2)21-54(40(28)57)34-7-8-36(55)48-39(34)56/h3-6,19-20,25-26,34H,7-18,21-24H2,1-2H3,(H,49,50)(H,48,55,56). The largest absolute Gasteiger partial charge is 0.494 e. The first-order valence-corrected chi connectivity index (χ1v) is 20.9. The summed E-state index contributed by atoms with van der Waals surface area (Å²) in [5.74, 6) is -1.38. The maximum Gasteiger partial charge on any atom is 0.269 e. The van der Waals surface area contributed by atoms with E-state index in [2.05, 4.69) is 37.3 Å². The Balaban J connectivity index is 0.724. The molecule has 2 N–H and O–H groups in total. The van der Waals surface area contributed by atoms with E-state index in [1.54, 1.807) is 18.5 Å². The third-order valence-corrected chi connectivity index (χ3v) is 13.8. The van der Waals surface area contributed by atoms with Gasteiger partial charge in [0.2, 0.25) is 11.8 Å². The van der Waals surface area contributed by atoms with E-state index in [1.165, 1.54) is 12.0 Å². The van der Waals surface area contributed by atoms with Crippen LogP contribution in [0, 0.1) is 11.3 Å². The molecule has 0 radical (unpaired) electrons. The van der Waals surface area contributed by atoms with Crippen molar-refractivity contribution in [2.75, 3.05) is 62.7 Å². The molecule has 310 valence electrons. The number of anilines is 2. The number of amides is 3. The molecule has 16 heteroatoms. The smallest absolute Gasteiger partial charge is 0.269 e. The lowest BCUT2D eigenvalue weighted by Gasteiger charge is -2.58. The van der Waals surface area contributed by atoms with Gasteiger partial charge in [-0.1, -0.05) is 0 Å². The van der Waals surface area contributed by atoms with Gasteiger partial charge in [0, 0.05) is 55.2 Å². The van der Waals surface area contributed by atoms with Crippen LogP contribution in [0.1, 0.15) is 74.2 Å². The van der Waals surface area contributed by atoms with E-state index in [0.717, 1.165) is 79.1 Å². The van der Waals surface area contributed by atoms with Crippen LogP contribution in [0.15, 0.2) is 42.7 Å². The van der Waals surface area contributed by atoms with Crippen LogP contribution in [-0.4, -0.2) is 118 Å². The van der Waals surface area contributed by atoms with Crippen molar-refractivity contribution in [2.24, 2.45) is 11.3 Å². The van der Waals surface area contributed by atoms with Gasteiger partial charge in [-0.3, -0.25) is 29.7 Å². The molecule has 14 nitrogen and oxygen atoms in total. The van der Waals surface area contributed by atoms with Gasteiger partial charge in [0.05, 0.1) is 42.5 Å². The van der Waals surface area contributed by atoms with Crippen molar-refractivity contribution in [3.05, 3.63) is 53.9 Å². The summed E-state index contributed by atoms with van der Waals surface area (Å²) < 4.78 is 44.2. The number of methoxy groups -OCH3 is 1. The summed E-state index contributed by atoms with van der Waals surface area (Å²) >= 11 is 0. The van der Waals surface area contributed by atoms with Crippen molar-refractivity contribution >= 4 is 40.1 Å². The fraction of sp³-hybridized carbons (Fsp3) is 0.535. The Morgan fingerprint density at radius 2 is 1.75 bits per heavy atom. The van der Waals surface area contributed by atoms with E-state index >= 15 is 8.78 Å². The zero-order chi connectivity index (χ0) is 40.7. The van der Waals surface area contributed by atoms with Crippen LogP contribution in [0.25, 0.3) is 22.3 Å². The average Bonchev–Trinajstić information content (AvgIpc) is 3.63. The summed E-state index contributed by atoms with van der Waals surface area (Å²) in [4.78, 5) is 54.4. The van der Waals surface area contributed by atoms with Crippen molar-refractivity contribution in [3.8, 4) is 22.9 Å². The van der Waals surface area contributed by atoms with Crippen molar-refractivity contribution in [2.45, 2.75) is 82.4 Å². The molecule has 10 rings (SSSR count). The molecule has 7 heterocycles. The Morgan fingerprint density at radius 1 is 0.932 bits per heavy atom. The normalized spacial score (nSPS) is 23.7. The van der Waals surface area contributed by atoms with Crippen LogP contribution in [0.3, 0.4) is 0 Å². The summed E-state index contributed by atoms with van der Waals surface area (Å²) in [6, 6.07) is 10.7. The van der Waals surface area contributed by atoms with Gasteiger partial charge < -0.3 is 24.2 Å². The zero-order valence-corrected chi connectivity index (χ0v) is 33.4. The third-order valence-electron chi connectivity index (χ3n) is 13.8. The maximum atomic E-state index is 16.1. The number of carbonyl (C=O) groups is 3. The fourth-order valence-corrected chi connectivity index (χ4v) is 9.88. The molecular formula is C43H49F2N9O5. The van der Waals surface area contributed by atoms with Gasteiger partial charge in [-0.15, -0.1) is 0 Å². The van der Waals surface area contributed by atoms with Gasteiger partial charge in [-0.2, -0.15) is 5.10 Å². The van der Waals surface area contributed by atoms with Crippen LogP contribution in [0.4, 0.5) is 20.3 Å². The Morgan fingerprint density at radius 3 is 2.49 bits per heavy atom. The molecular weight excluding hydrogens is 761 g/mol. The number of rotatable bonds is 10. The number of imide groups is 1. The zero-order valence-electron chi connectivity index (χ0n) is 33.4. The second-order valence-corrected chi connectivity index (χ2v) is 17.7. The summed E-state index contributed by atoms with van der Waals surface area (Å²) in [7, 11) is 1.52. The number of aromatic amines is 1. The van der Waals surface area contributed by atoms with Crippen molar-refractivity contribution in [3.63, 3.8) is 0 Å². The fourth-order valence-electron chi connectivity index (χ4n) is 9.88. The van der Waals surface area contributed by atoms with Crippen LogP contribution in [0.2, 0.25) is 0 Å². The Hall–Kier alpha value is -5.38. The molecule has 1 saturated carbocycles. The summed E-state index contributed by atoms with van der Waals surface area (Å²) in [6.07, 6.45) is 7.34. The minimum atomic E-state index is -2.86. The summed E-state index contributed by atoms with van der Waals surface area (Å²) in [5, 5.41) is 11.0. The number of fused-ring (bicyclic) bond motifs is 2. The van der Waals surface area contributed by atoms with Crippen LogP contribution < -0.4 is 24.6 Å². The highest BCUT2D eigenvalue weighted by Crippen LogP contribution is 2.53. The average molecular weight is 810 g/mol. The SMILES string of the molecule is COc1c(N2CC3(CCN(CCC4CCN(c5cc(-c6n[nH]c7ccc(OC8(C)CC8)cc67)ncn5)CC4)CC3(F)F)C2)ccc2c1CN(C1CCC(=O)NC1=O)C2=O. The number of halogens is 2. The number of aromatic nitrogens is 4. The quantitative estimate of drug-likeness (QED) is 0.204. The van der Waals surface area contributed by atoms with E-state index in [9.17, 15) is 14.4 Å². The lowest BCUT2D eigenvalue weighted by Crippen LogP contribution is -2.70. The maximum absolute atomic E-state index is 16.1. The molecule has 1 unspecified atom stereocenters. The number of H-pyrrole nitrogens is 1. The third kappa shape index (κ3) is 6.72. The molecule has 5 fully saturated rings. The molecule has 5 aliphatic heterocycles. The highest BCUT2D eigenvalue weighted by molar-refractivity contribution is 6.06. The number of ether oxygens (including phenoxy) is 2. The first-order chi connectivity index (χ1) is 28.4. The molecule has 59 heavy (non-hydrogen) atoms. The number of benzene rings is 2. The Kier molecular flexibility index (Phi) is 9.07. The van der Waals surface area contributed by atoms with Gasteiger partial charge in [0.1, 0.15) is 41.0 Å². The summed E-state index contributed by atoms with van der Waals surface area (Å²) in [5.41, 5.74) is 2.97. The highest BCUT2D eigenvalue weighted by Gasteiger charge is 2.63. The molecule has 1 spiro atoms. The number of hydrogen-bond donors (Lipinski definition) is 2. The van der Waals surface area contributed by atoms with Crippen LogP contribution >= 0.6 is 0 Å². The number of carbonyl (C=O) groups excluding carboxylic acids is 3. The lowest BCUT2D eigenvalue weighted by atomic mass is 9.68. The minimum absolute atomic E-state index is 0.0762. The molecule has 1 atom stereocenters. The van der Waals surface area contributed by atoms with Gasteiger partial charge in [-0.05, 0) is 101 Å². The van der Waals surface area contributed by atoms with E-state index in [0.29, 0.717) is 48.0 Å². The van der Waals surface area contributed by atoms with Gasteiger partial charge in [0.15, 0.2) is 0 Å². The molecule has 0 bridgehead atoms. The molecule has 4 saturated heterocycles. The molecule has 3 amide bonds. The number of hydrogen-bond acceptors (Lipinski definition) is 11. The summed E-state index contributed by atoms with van der Waals surface area (Å²) in [6.45, 7) is 5.36. The number of nitrogens with one attached hydrogen (secondary N) is 2. The Bertz CT molecular complexity index is 2330. The predicted octanol–water partition coefficient (Wildman–Crippen LogP) is 5.17. The van der Waals surface area contributed by atoms with Gasteiger partial charge in [0.25, 0.3) is 11.8 Å². The van der Waals surface area contributed by atoms with Crippen LogP contribution in [-0.2, 0) is 16.1 Å². The monoisotopic (exact) mass is 809 g/mol. The molecule has 2 aromatic heterocycles. The van der Waals surface area contributed by atoms with E-state index in [4.69, 9.17) is 9.47 Å². The van der Waals surface area contributed by atoms with Gasteiger partial charge in [-0.25, -0.2) is 18.7 Å². The van der Waals surface area contributed by atoms with E-state index in [-0.39, 0.29) is 56.4 Å². The first-order valence-electron chi connectivity index (χ1n) is 20.9. The highest BCUT2D eigenvalue weighted by atomic mass is 19.3. The lowest BCUT2D eigenvalue weighted by molar-refractivity contribution is -0.180. The molecule has 1 aliphatic carbocycles. The van der Waals surface area contributed by atoms with Crippen LogP contribution in [0.5, 0.6) is 11.5 Å². The van der Waals surface area contributed by atoms with E-state index in [1.807, 2.05) is 34.1 Å². The van der Waals surface area contributed by atoms with Crippen molar-refractivity contribution in [1.29, 1.82) is 0 Å². The molecule has 2 aromatic carbocycles. The Labute approximate surface area is 340 Å².